The molecule has 1 amide bonds. The lowest BCUT2D eigenvalue weighted by Gasteiger charge is -2.12. The van der Waals surface area contributed by atoms with Crippen LogP contribution in [0.3, 0.4) is 0 Å². The predicted molar refractivity (Wildman–Crippen MR) is 129 cm³/mol. The highest BCUT2D eigenvalue weighted by atomic mass is 32.2. The maximum atomic E-state index is 12.9. The zero-order valence-corrected chi connectivity index (χ0v) is 20.4. The van der Waals surface area contributed by atoms with E-state index in [1.807, 2.05) is 6.92 Å². The normalized spacial score (nSPS) is 11.0. The van der Waals surface area contributed by atoms with Crippen LogP contribution in [0.25, 0.3) is 0 Å². The molecule has 0 aliphatic carbocycles. The highest BCUT2D eigenvalue weighted by Gasteiger charge is 2.21. The van der Waals surface area contributed by atoms with Gasteiger partial charge in [0.1, 0.15) is 5.69 Å². The van der Waals surface area contributed by atoms with E-state index in [2.05, 4.69) is 14.8 Å². The maximum absolute atomic E-state index is 12.9. The minimum atomic E-state index is -3.97. The zero-order chi connectivity index (χ0) is 25.8. The van der Waals surface area contributed by atoms with Crippen molar-refractivity contribution in [2.75, 3.05) is 23.8 Å². The molecule has 184 valence electrons. The molecule has 1 aromatic heterocycles. The van der Waals surface area contributed by atoms with E-state index in [1.165, 1.54) is 42.1 Å². The number of rotatable bonds is 8. The van der Waals surface area contributed by atoms with Crippen molar-refractivity contribution < 1.29 is 32.3 Å². The molecule has 0 atom stereocenters. The number of hydrogen-bond donors (Lipinski definition) is 2. The molecule has 0 radical (unpaired) electrons. The first-order chi connectivity index (χ1) is 16.5. The molecule has 2 N–H and O–H groups in total. The van der Waals surface area contributed by atoms with Gasteiger partial charge in [-0.15, -0.1) is 0 Å². The van der Waals surface area contributed by atoms with Gasteiger partial charge in [0.2, 0.25) is 0 Å². The number of methoxy groups -OCH3 is 1. The Hall–Kier alpha value is -4.12. The third kappa shape index (κ3) is 6.27. The summed E-state index contributed by atoms with van der Waals surface area (Å²) in [7, 11) is -1.12. The van der Waals surface area contributed by atoms with Crippen molar-refractivity contribution in [1.29, 1.82) is 0 Å². The van der Waals surface area contributed by atoms with Gasteiger partial charge in [-0.05, 0) is 49.7 Å². The molecule has 1 heterocycles. The number of aromatic nitrogens is 1. The Morgan fingerprint density at radius 3 is 2.29 bits per heavy atom. The van der Waals surface area contributed by atoms with Crippen molar-refractivity contribution in [2.24, 2.45) is 7.05 Å². The van der Waals surface area contributed by atoms with Crippen LogP contribution >= 0.6 is 0 Å². The number of sulfonamides is 1. The van der Waals surface area contributed by atoms with Crippen molar-refractivity contribution in [3.05, 3.63) is 77.1 Å². The van der Waals surface area contributed by atoms with E-state index in [-0.39, 0.29) is 16.2 Å². The lowest BCUT2D eigenvalue weighted by Crippen LogP contribution is -2.21. The fourth-order valence-corrected chi connectivity index (χ4v) is 4.53. The molecule has 10 nitrogen and oxygen atoms in total. The molecule has 0 aliphatic heterocycles. The summed E-state index contributed by atoms with van der Waals surface area (Å²) >= 11 is 0. The molecule has 0 aliphatic rings. The predicted octanol–water partition coefficient (Wildman–Crippen LogP) is 3.02. The van der Waals surface area contributed by atoms with Crippen LogP contribution in [0.5, 0.6) is 0 Å². The molecule has 0 unspecified atom stereocenters. The lowest BCUT2D eigenvalue weighted by molar-refractivity contribution is -0.119. The van der Waals surface area contributed by atoms with Crippen molar-refractivity contribution in [2.45, 2.75) is 18.7 Å². The SMILES string of the molecule is COC(=O)c1cc(NC(=O)COC(=O)c2ccc(C)c(S(=O)(=O)Nc3ccc(C)cc3)c2)cn1C. The number of ether oxygens (including phenoxy) is 2. The van der Waals surface area contributed by atoms with Gasteiger partial charge in [-0.25, -0.2) is 18.0 Å². The van der Waals surface area contributed by atoms with Crippen LogP contribution in [0.2, 0.25) is 0 Å². The summed E-state index contributed by atoms with van der Waals surface area (Å²) in [5.41, 5.74) is 2.32. The Morgan fingerprint density at radius 2 is 1.63 bits per heavy atom. The molecule has 11 heteroatoms. The Labute approximate surface area is 202 Å². The number of carbonyl (C=O) groups excluding carboxylic acids is 3. The summed E-state index contributed by atoms with van der Waals surface area (Å²) in [5, 5.41) is 2.51. The summed E-state index contributed by atoms with van der Waals surface area (Å²) in [4.78, 5) is 36.3. The van der Waals surface area contributed by atoms with E-state index < -0.39 is 34.5 Å². The first-order valence-electron chi connectivity index (χ1n) is 10.4. The quantitative estimate of drug-likeness (QED) is 0.455. The maximum Gasteiger partial charge on any atom is 0.354 e. The Morgan fingerprint density at radius 1 is 0.943 bits per heavy atom. The topological polar surface area (TPSA) is 133 Å². The molecule has 0 spiro atoms. The van der Waals surface area contributed by atoms with E-state index in [0.717, 1.165) is 5.56 Å². The van der Waals surface area contributed by atoms with E-state index in [4.69, 9.17) is 4.74 Å². The highest BCUT2D eigenvalue weighted by Crippen LogP contribution is 2.22. The number of anilines is 2. The summed E-state index contributed by atoms with van der Waals surface area (Å²) < 4.78 is 39.4. The second-order valence-corrected chi connectivity index (χ2v) is 9.44. The van der Waals surface area contributed by atoms with Gasteiger partial charge in [-0.1, -0.05) is 23.8 Å². The van der Waals surface area contributed by atoms with Gasteiger partial charge in [0.15, 0.2) is 6.61 Å². The molecule has 0 saturated carbocycles. The molecular formula is C24H25N3O7S. The van der Waals surface area contributed by atoms with Gasteiger partial charge in [0.25, 0.3) is 15.9 Å². The number of amides is 1. The molecule has 3 rings (SSSR count). The first-order valence-corrected chi connectivity index (χ1v) is 11.9. The summed E-state index contributed by atoms with van der Waals surface area (Å²) in [5.74, 6) is -2.07. The van der Waals surface area contributed by atoms with Crippen molar-refractivity contribution >= 4 is 39.2 Å². The molecule has 35 heavy (non-hydrogen) atoms. The van der Waals surface area contributed by atoms with Gasteiger partial charge in [0.05, 0.1) is 23.3 Å². The second kappa shape index (κ2) is 10.4. The number of benzene rings is 2. The van der Waals surface area contributed by atoms with Crippen LogP contribution in [0.4, 0.5) is 11.4 Å². The third-order valence-corrected chi connectivity index (χ3v) is 6.56. The first kappa shape index (κ1) is 25.5. The number of hydrogen-bond acceptors (Lipinski definition) is 7. The molecular weight excluding hydrogens is 474 g/mol. The van der Waals surface area contributed by atoms with E-state index in [1.54, 1.807) is 38.2 Å². The van der Waals surface area contributed by atoms with Gasteiger partial charge >= 0.3 is 11.9 Å². The standard InChI is InChI=1S/C24H25N3O7S/c1-15-5-9-18(10-6-15)26-35(31,32)21-11-17(8-7-16(21)2)23(29)34-14-22(28)25-19-12-20(24(30)33-4)27(3)13-19/h5-13,26H,14H2,1-4H3,(H,25,28). The summed E-state index contributed by atoms with van der Waals surface area (Å²) in [6, 6.07) is 12.3. The smallest absolute Gasteiger partial charge is 0.354 e. The zero-order valence-electron chi connectivity index (χ0n) is 19.6. The number of esters is 2. The fourth-order valence-electron chi connectivity index (χ4n) is 3.20. The van der Waals surface area contributed by atoms with E-state index >= 15 is 0 Å². The van der Waals surface area contributed by atoms with Gasteiger partial charge in [-0.2, -0.15) is 0 Å². The second-order valence-electron chi connectivity index (χ2n) is 7.79. The molecule has 0 fully saturated rings. The van der Waals surface area contributed by atoms with Crippen LogP contribution < -0.4 is 10.0 Å². The monoisotopic (exact) mass is 499 g/mol. The number of aryl methyl sites for hydroxylation is 3. The van der Waals surface area contributed by atoms with Gasteiger partial charge < -0.3 is 19.4 Å². The summed E-state index contributed by atoms with van der Waals surface area (Å²) in [6.45, 7) is 2.88. The average Bonchev–Trinajstić information content (AvgIpc) is 3.18. The highest BCUT2D eigenvalue weighted by molar-refractivity contribution is 7.92. The van der Waals surface area contributed by atoms with Crippen LogP contribution in [0.15, 0.2) is 59.6 Å². The van der Waals surface area contributed by atoms with Crippen LogP contribution in [0, 0.1) is 13.8 Å². The lowest BCUT2D eigenvalue weighted by atomic mass is 10.1. The Balaban J connectivity index is 1.67. The molecule has 2 aromatic carbocycles. The fraction of sp³-hybridized carbons (Fsp3) is 0.208. The van der Waals surface area contributed by atoms with E-state index in [0.29, 0.717) is 16.9 Å². The number of carbonyl (C=O) groups is 3. The van der Waals surface area contributed by atoms with Crippen LogP contribution in [0.1, 0.15) is 32.0 Å². The minimum Gasteiger partial charge on any atom is -0.464 e. The van der Waals surface area contributed by atoms with Crippen molar-refractivity contribution in [3.8, 4) is 0 Å². The largest absolute Gasteiger partial charge is 0.464 e. The minimum absolute atomic E-state index is 0.0274. The van der Waals surface area contributed by atoms with Gasteiger partial charge in [-0.3, -0.25) is 9.52 Å². The van der Waals surface area contributed by atoms with Gasteiger partial charge in [0, 0.05) is 18.9 Å². The van der Waals surface area contributed by atoms with E-state index in [9.17, 15) is 22.8 Å². The summed E-state index contributed by atoms with van der Waals surface area (Å²) in [6.07, 6.45) is 1.50. The number of nitrogens with one attached hydrogen (secondary N) is 2. The molecule has 3 aromatic rings. The average molecular weight is 500 g/mol. The molecule has 0 saturated heterocycles. The number of nitrogens with zero attached hydrogens (tertiary/aromatic N) is 1. The molecule has 0 bridgehead atoms. The Kier molecular flexibility index (Phi) is 7.60. The third-order valence-electron chi connectivity index (χ3n) is 5.03. The van der Waals surface area contributed by atoms with Crippen molar-refractivity contribution in [3.63, 3.8) is 0 Å². The Bertz CT molecular complexity index is 1380. The van der Waals surface area contributed by atoms with Crippen LogP contribution in [-0.4, -0.2) is 44.5 Å². The van der Waals surface area contributed by atoms with Crippen LogP contribution in [-0.2, 0) is 31.3 Å². The van der Waals surface area contributed by atoms with Crippen molar-refractivity contribution in [1.82, 2.24) is 4.57 Å².